The van der Waals surface area contributed by atoms with Gasteiger partial charge in [-0.1, -0.05) is 30.3 Å². The van der Waals surface area contributed by atoms with Gasteiger partial charge in [-0.3, -0.25) is 14.5 Å². The van der Waals surface area contributed by atoms with Crippen molar-refractivity contribution in [3.63, 3.8) is 0 Å². The molecule has 0 spiro atoms. The Hall–Kier alpha value is -1.68. The molecule has 0 saturated carbocycles. The predicted octanol–water partition coefficient (Wildman–Crippen LogP) is 1.44. The number of carbonyl (C=O) groups excluding carboxylic acids is 2. The lowest BCUT2D eigenvalue weighted by Crippen LogP contribution is -2.48. The van der Waals surface area contributed by atoms with Crippen molar-refractivity contribution in [3.8, 4) is 0 Å². The number of benzene rings is 1. The molecule has 1 fully saturated rings. The first-order chi connectivity index (χ1) is 8.74. The molecule has 0 radical (unpaired) electrons. The molecule has 1 aromatic carbocycles. The molecule has 2 amide bonds. The smallest absolute Gasteiger partial charge is 0.240 e. The molecular weight excluding hydrogens is 240 g/mol. The van der Waals surface area contributed by atoms with Gasteiger partial charge in [0.2, 0.25) is 11.8 Å². The van der Waals surface area contributed by atoms with Gasteiger partial charge in [0.1, 0.15) is 0 Å². The Morgan fingerprint density at radius 2 is 1.84 bits per heavy atom. The molecule has 1 aliphatic rings. The molecule has 0 aromatic heterocycles. The number of carbonyl (C=O) groups is 2. The molecule has 102 valence electrons. The maximum absolute atomic E-state index is 12.6. The first kappa shape index (κ1) is 13.7. The molecule has 0 aliphatic carbocycles. The average molecular weight is 260 g/mol. The lowest BCUT2D eigenvalue weighted by Gasteiger charge is -2.27. The fourth-order valence-corrected chi connectivity index (χ4v) is 2.48. The van der Waals surface area contributed by atoms with Gasteiger partial charge in [0.15, 0.2) is 0 Å². The first-order valence-corrected chi connectivity index (χ1v) is 6.43. The number of imide groups is 1. The van der Waals surface area contributed by atoms with Crippen molar-refractivity contribution in [1.29, 1.82) is 0 Å². The maximum Gasteiger partial charge on any atom is 0.240 e. The Morgan fingerprint density at radius 3 is 2.37 bits per heavy atom. The quantitative estimate of drug-likeness (QED) is 0.836. The largest absolute Gasteiger partial charge is 0.324 e. The summed E-state index contributed by atoms with van der Waals surface area (Å²) in [5.74, 6) is -0.294. The average Bonchev–Trinajstić information content (AvgIpc) is 2.54. The van der Waals surface area contributed by atoms with Gasteiger partial charge in [-0.25, -0.2) is 0 Å². The number of amides is 2. The number of likely N-dealkylation sites (tertiary alicyclic amines) is 1. The summed E-state index contributed by atoms with van der Waals surface area (Å²) >= 11 is 0. The fraction of sp³-hybridized carbons (Fsp3) is 0.467. The van der Waals surface area contributed by atoms with Crippen LogP contribution in [0.3, 0.4) is 0 Å². The summed E-state index contributed by atoms with van der Waals surface area (Å²) in [6.07, 6.45) is 0.214. The zero-order valence-electron chi connectivity index (χ0n) is 11.6. The van der Waals surface area contributed by atoms with Gasteiger partial charge in [0.05, 0.1) is 5.41 Å². The Morgan fingerprint density at radius 1 is 1.26 bits per heavy atom. The first-order valence-electron chi connectivity index (χ1n) is 6.43. The van der Waals surface area contributed by atoms with Crippen molar-refractivity contribution in [1.82, 2.24) is 4.90 Å². The highest BCUT2D eigenvalue weighted by molar-refractivity contribution is 6.08. The lowest BCUT2D eigenvalue weighted by molar-refractivity contribution is -0.140. The van der Waals surface area contributed by atoms with E-state index in [1.54, 1.807) is 0 Å². The maximum atomic E-state index is 12.6. The van der Waals surface area contributed by atoms with Crippen molar-refractivity contribution in [3.05, 3.63) is 35.9 Å². The number of hydrogen-bond acceptors (Lipinski definition) is 3. The molecule has 4 nitrogen and oxygen atoms in total. The summed E-state index contributed by atoms with van der Waals surface area (Å²) in [6.45, 7) is 5.71. The molecule has 1 aromatic rings. The minimum absolute atomic E-state index is 0.144. The van der Waals surface area contributed by atoms with Crippen LogP contribution < -0.4 is 5.73 Å². The molecule has 4 heteroatoms. The monoisotopic (exact) mass is 260 g/mol. The summed E-state index contributed by atoms with van der Waals surface area (Å²) in [5, 5.41) is 0. The molecule has 1 unspecified atom stereocenters. The Labute approximate surface area is 113 Å². The van der Waals surface area contributed by atoms with Gasteiger partial charge in [-0.15, -0.1) is 0 Å². The van der Waals surface area contributed by atoms with Crippen LogP contribution in [-0.4, -0.2) is 28.8 Å². The number of hydrogen-bond donors (Lipinski definition) is 1. The Balaban J connectivity index is 2.32. The predicted molar refractivity (Wildman–Crippen MR) is 73.4 cm³/mol. The van der Waals surface area contributed by atoms with Crippen LogP contribution in [-0.2, 0) is 15.0 Å². The molecule has 19 heavy (non-hydrogen) atoms. The van der Waals surface area contributed by atoms with E-state index in [2.05, 4.69) is 0 Å². The van der Waals surface area contributed by atoms with Crippen LogP contribution >= 0.6 is 0 Å². The second-order valence-electron chi connectivity index (χ2n) is 6.15. The Kier molecular flexibility index (Phi) is 3.22. The third-order valence-electron chi connectivity index (χ3n) is 3.50. The molecule has 1 heterocycles. The van der Waals surface area contributed by atoms with Gasteiger partial charge < -0.3 is 5.73 Å². The van der Waals surface area contributed by atoms with Gasteiger partial charge in [0, 0.05) is 18.5 Å². The summed E-state index contributed by atoms with van der Waals surface area (Å²) in [7, 11) is 0. The summed E-state index contributed by atoms with van der Waals surface area (Å²) < 4.78 is 0. The van der Waals surface area contributed by atoms with E-state index in [0.717, 1.165) is 5.56 Å². The van der Waals surface area contributed by atoms with E-state index in [1.807, 2.05) is 51.1 Å². The minimum atomic E-state index is -0.760. The standard InChI is InChI=1S/C15H20N2O2/c1-14(2,16)10-17-12(18)9-15(3,13(17)19)11-7-5-4-6-8-11/h4-8H,9-10,16H2,1-3H3. The number of nitrogens with zero attached hydrogens (tertiary/aromatic N) is 1. The van der Waals surface area contributed by atoms with Crippen LogP contribution in [0.25, 0.3) is 0 Å². The van der Waals surface area contributed by atoms with E-state index in [0.29, 0.717) is 0 Å². The van der Waals surface area contributed by atoms with Crippen LogP contribution in [0.2, 0.25) is 0 Å². The van der Waals surface area contributed by atoms with E-state index in [9.17, 15) is 9.59 Å². The van der Waals surface area contributed by atoms with Crippen molar-refractivity contribution >= 4 is 11.8 Å². The molecule has 1 saturated heterocycles. The van der Waals surface area contributed by atoms with Crippen molar-refractivity contribution < 1.29 is 9.59 Å². The molecule has 1 atom stereocenters. The van der Waals surface area contributed by atoms with Crippen molar-refractivity contribution in [2.45, 2.75) is 38.1 Å². The van der Waals surface area contributed by atoms with E-state index in [1.165, 1.54) is 4.90 Å². The molecule has 1 aliphatic heterocycles. The van der Waals surface area contributed by atoms with Crippen molar-refractivity contribution in [2.75, 3.05) is 6.54 Å². The van der Waals surface area contributed by atoms with Crippen LogP contribution in [0.5, 0.6) is 0 Å². The van der Waals surface area contributed by atoms with Gasteiger partial charge in [-0.05, 0) is 26.3 Å². The van der Waals surface area contributed by atoms with Gasteiger partial charge in [-0.2, -0.15) is 0 Å². The van der Waals surface area contributed by atoms with E-state index in [-0.39, 0.29) is 24.8 Å². The third kappa shape index (κ3) is 2.54. The van der Waals surface area contributed by atoms with Crippen molar-refractivity contribution in [2.24, 2.45) is 5.73 Å². The third-order valence-corrected chi connectivity index (χ3v) is 3.50. The SMILES string of the molecule is CC(C)(N)CN1C(=O)CC(C)(c2ccccc2)C1=O. The number of nitrogens with two attached hydrogens (primary N) is 1. The second-order valence-corrected chi connectivity index (χ2v) is 6.15. The molecular formula is C15H20N2O2. The van der Waals surface area contributed by atoms with Crippen LogP contribution in [0.1, 0.15) is 32.8 Å². The second kappa shape index (κ2) is 4.46. The van der Waals surface area contributed by atoms with E-state index < -0.39 is 11.0 Å². The summed E-state index contributed by atoms with van der Waals surface area (Å²) in [6, 6.07) is 9.45. The van der Waals surface area contributed by atoms with Gasteiger partial charge in [0.25, 0.3) is 0 Å². The highest BCUT2D eigenvalue weighted by Gasteiger charge is 2.49. The zero-order valence-corrected chi connectivity index (χ0v) is 11.6. The number of rotatable bonds is 3. The molecule has 0 bridgehead atoms. The Bertz CT molecular complexity index is 505. The van der Waals surface area contributed by atoms with Gasteiger partial charge >= 0.3 is 0 Å². The van der Waals surface area contributed by atoms with Crippen LogP contribution in [0.15, 0.2) is 30.3 Å². The lowest BCUT2D eigenvalue weighted by atomic mass is 9.81. The zero-order chi connectivity index (χ0) is 14.3. The fourth-order valence-electron chi connectivity index (χ4n) is 2.48. The highest BCUT2D eigenvalue weighted by Crippen LogP contribution is 2.36. The van der Waals surface area contributed by atoms with E-state index >= 15 is 0 Å². The molecule has 2 N–H and O–H groups in total. The summed E-state index contributed by atoms with van der Waals surface area (Å²) in [5.41, 5.74) is 5.46. The minimum Gasteiger partial charge on any atom is -0.324 e. The normalized spacial score (nSPS) is 24.1. The van der Waals surface area contributed by atoms with Crippen LogP contribution in [0, 0.1) is 0 Å². The summed E-state index contributed by atoms with van der Waals surface area (Å²) in [4.78, 5) is 26.0. The van der Waals surface area contributed by atoms with Crippen LogP contribution in [0.4, 0.5) is 0 Å². The highest BCUT2D eigenvalue weighted by atomic mass is 16.2. The van der Waals surface area contributed by atoms with E-state index in [4.69, 9.17) is 5.73 Å². The topological polar surface area (TPSA) is 63.4 Å². The molecule has 2 rings (SSSR count).